The summed E-state index contributed by atoms with van der Waals surface area (Å²) in [5.41, 5.74) is 1.89. The molecule has 4 rings (SSSR count). The summed E-state index contributed by atoms with van der Waals surface area (Å²) in [7, 11) is -1.86. The molecule has 0 aromatic rings. The van der Waals surface area contributed by atoms with Crippen LogP contribution in [0.1, 0.15) is 127 Å². The van der Waals surface area contributed by atoms with Crippen LogP contribution in [-0.4, -0.2) is 73.8 Å². The highest BCUT2D eigenvalue weighted by Gasteiger charge is 2.66. The summed E-state index contributed by atoms with van der Waals surface area (Å²) in [6, 6.07) is 0. The fraction of sp³-hybridized carbons (Fsp3) is 0.953. The van der Waals surface area contributed by atoms with Crippen LogP contribution in [-0.2, 0) is 23.1 Å². The van der Waals surface area contributed by atoms with Crippen LogP contribution in [0.4, 0.5) is 0 Å². The lowest BCUT2D eigenvalue weighted by Crippen LogP contribution is -2.53. The van der Waals surface area contributed by atoms with E-state index in [2.05, 4.69) is 102 Å². The van der Waals surface area contributed by atoms with Gasteiger partial charge in [0.1, 0.15) is 6.79 Å². The number of rotatable bonds is 16. The SMILES string of the molecule is COCCOCO[C@H]1C(O)[C@H]([C@H](C)CCC[C@@H](C)CO[Si](C)(C)C(C)(C)C)[C@@]2(C)CC[C@H]3[C@@H](CC=C4C[C@@H](O[Si](C)(C)C(C)(C)C)CC[C@@]43C)[C@H]12. The Morgan fingerprint density at radius 1 is 0.922 bits per heavy atom. The van der Waals surface area contributed by atoms with E-state index in [1.807, 2.05) is 0 Å². The summed E-state index contributed by atoms with van der Waals surface area (Å²) in [6.45, 7) is 35.5. The maximum Gasteiger partial charge on any atom is 0.192 e. The fourth-order valence-electron chi connectivity index (χ4n) is 10.6. The Morgan fingerprint density at radius 2 is 1.59 bits per heavy atom. The first-order valence-electron chi connectivity index (χ1n) is 20.9. The molecule has 6 nitrogen and oxygen atoms in total. The molecule has 1 unspecified atom stereocenters. The number of methoxy groups -OCH3 is 1. The Bertz CT molecular complexity index is 1160. The third-order valence-corrected chi connectivity index (χ3v) is 24.8. The Kier molecular flexibility index (Phi) is 14.2. The average molecular weight is 751 g/mol. The van der Waals surface area contributed by atoms with Gasteiger partial charge < -0.3 is 28.2 Å². The number of aliphatic hydroxyl groups excluding tert-OH is 1. The van der Waals surface area contributed by atoms with Crippen LogP contribution in [0.5, 0.6) is 0 Å². The van der Waals surface area contributed by atoms with Crippen LogP contribution in [0.2, 0.25) is 36.3 Å². The topological polar surface area (TPSA) is 66.4 Å². The molecule has 0 saturated heterocycles. The van der Waals surface area contributed by atoms with Crippen molar-refractivity contribution in [3.8, 4) is 0 Å². The van der Waals surface area contributed by atoms with E-state index in [0.29, 0.717) is 48.9 Å². The molecular formula is C43H82O6Si2. The normalized spacial score (nSPS) is 35.8. The molecule has 3 fully saturated rings. The highest BCUT2D eigenvalue weighted by atomic mass is 28.4. The largest absolute Gasteiger partial charge is 0.417 e. The summed E-state index contributed by atoms with van der Waals surface area (Å²) in [4.78, 5) is 0. The molecule has 4 aliphatic rings. The number of ether oxygens (including phenoxy) is 3. The second-order valence-electron chi connectivity index (χ2n) is 21.2. The lowest BCUT2D eigenvalue weighted by Gasteiger charge is -2.59. The van der Waals surface area contributed by atoms with Crippen LogP contribution in [0.25, 0.3) is 0 Å². The minimum atomic E-state index is -1.82. The third kappa shape index (κ3) is 9.32. The number of allylic oxidation sites excluding steroid dienone is 1. The van der Waals surface area contributed by atoms with Crippen molar-refractivity contribution in [2.24, 2.45) is 46.3 Å². The van der Waals surface area contributed by atoms with Crippen molar-refractivity contribution in [1.82, 2.24) is 0 Å². The lowest BCUT2D eigenvalue weighted by molar-refractivity contribution is -0.157. The zero-order chi connectivity index (χ0) is 38.2. The van der Waals surface area contributed by atoms with E-state index in [1.165, 1.54) is 32.1 Å². The molecule has 0 aromatic carbocycles. The van der Waals surface area contributed by atoms with Gasteiger partial charge in [-0.25, -0.2) is 0 Å². The smallest absolute Gasteiger partial charge is 0.192 e. The van der Waals surface area contributed by atoms with E-state index in [4.69, 9.17) is 23.1 Å². The van der Waals surface area contributed by atoms with Gasteiger partial charge in [0.15, 0.2) is 16.6 Å². The third-order valence-electron chi connectivity index (χ3n) is 15.7. The van der Waals surface area contributed by atoms with Crippen molar-refractivity contribution in [2.75, 3.05) is 33.7 Å². The molecule has 0 bridgehead atoms. The van der Waals surface area contributed by atoms with E-state index >= 15 is 0 Å². The molecule has 3 saturated carbocycles. The van der Waals surface area contributed by atoms with Gasteiger partial charge in [0.25, 0.3) is 0 Å². The van der Waals surface area contributed by atoms with Crippen LogP contribution in [0.3, 0.4) is 0 Å². The molecule has 0 radical (unpaired) electrons. The van der Waals surface area contributed by atoms with Gasteiger partial charge in [0.2, 0.25) is 0 Å². The van der Waals surface area contributed by atoms with Gasteiger partial charge in [-0.3, -0.25) is 0 Å². The quantitative estimate of drug-likeness (QED) is 0.0733. The zero-order valence-corrected chi connectivity index (χ0v) is 38.0. The molecule has 8 heteroatoms. The predicted octanol–water partition coefficient (Wildman–Crippen LogP) is 11.0. The average Bonchev–Trinajstić information content (AvgIpc) is 3.24. The van der Waals surface area contributed by atoms with Gasteiger partial charge in [0, 0.05) is 19.8 Å². The number of hydrogen-bond acceptors (Lipinski definition) is 6. The highest BCUT2D eigenvalue weighted by Crippen LogP contribution is 2.68. The van der Waals surface area contributed by atoms with E-state index in [9.17, 15) is 5.11 Å². The Labute approximate surface area is 317 Å². The van der Waals surface area contributed by atoms with Crippen molar-refractivity contribution in [1.29, 1.82) is 0 Å². The second-order valence-corrected chi connectivity index (χ2v) is 30.8. The summed E-state index contributed by atoms with van der Waals surface area (Å²) in [6.07, 6.45) is 12.7. The summed E-state index contributed by atoms with van der Waals surface area (Å²) in [5.74, 6) is 2.64. The Morgan fingerprint density at radius 3 is 2.22 bits per heavy atom. The van der Waals surface area contributed by atoms with Crippen LogP contribution >= 0.6 is 0 Å². The van der Waals surface area contributed by atoms with Crippen LogP contribution < -0.4 is 0 Å². The summed E-state index contributed by atoms with van der Waals surface area (Å²) in [5, 5.41) is 12.8. The highest BCUT2D eigenvalue weighted by molar-refractivity contribution is 6.74. The Balaban J connectivity index is 1.49. The molecule has 51 heavy (non-hydrogen) atoms. The van der Waals surface area contributed by atoms with E-state index < -0.39 is 22.7 Å². The van der Waals surface area contributed by atoms with Crippen molar-refractivity contribution >= 4 is 16.6 Å². The number of aliphatic hydroxyl groups is 1. The maximum absolute atomic E-state index is 12.3. The Hall–Kier alpha value is -0.0662. The van der Waals surface area contributed by atoms with Gasteiger partial charge in [-0.1, -0.05) is 93.7 Å². The minimum Gasteiger partial charge on any atom is -0.417 e. The van der Waals surface area contributed by atoms with E-state index in [0.717, 1.165) is 32.3 Å². The van der Waals surface area contributed by atoms with Gasteiger partial charge in [0.05, 0.1) is 25.4 Å². The molecule has 1 N–H and O–H groups in total. The number of hydrogen-bond donors (Lipinski definition) is 1. The first-order chi connectivity index (χ1) is 23.5. The van der Waals surface area contributed by atoms with Crippen molar-refractivity contribution in [3.63, 3.8) is 0 Å². The monoisotopic (exact) mass is 751 g/mol. The molecule has 0 aromatic heterocycles. The first kappa shape index (κ1) is 43.7. The molecule has 4 aliphatic carbocycles. The summed E-state index contributed by atoms with van der Waals surface area (Å²) < 4.78 is 31.3. The molecule has 0 spiro atoms. The van der Waals surface area contributed by atoms with Gasteiger partial charge in [-0.15, -0.1) is 0 Å². The van der Waals surface area contributed by atoms with Crippen molar-refractivity contribution in [3.05, 3.63) is 11.6 Å². The standard InChI is InChI=1S/C43H82O6Si2/c1-30(28-48-50(12,13)40(3,4)5)17-16-18-31(2)36-38(44)39(47-29-46-26-25-45-11)37-34-20-19-32-27-33(49-51(14,15)41(6,7)8)21-23-42(32,9)35(34)22-24-43(36,37)10/h19,30-31,33-39,44H,16-18,20-29H2,1-15H3/t30-,31-,33+,34-,35+,36+,37-,38?,39-,42+,43-/m1/s1. The molecule has 298 valence electrons. The fourth-order valence-corrected chi connectivity index (χ4v) is 13.1. The summed E-state index contributed by atoms with van der Waals surface area (Å²) >= 11 is 0. The first-order valence-corrected chi connectivity index (χ1v) is 26.7. The molecule has 0 heterocycles. The minimum absolute atomic E-state index is 0.0403. The van der Waals surface area contributed by atoms with Gasteiger partial charge in [-0.05, 0) is 128 Å². The second kappa shape index (κ2) is 16.6. The van der Waals surface area contributed by atoms with E-state index in [-0.39, 0.29) is 39.7 Å². The van der Waals surface area contributed by atoms with Crippen LogP contribution in [0.15, 0.2) is 11.6 Å². The van der Waals surface area contributed by atoms with Gasteiger partial charge in [-0.2, -0.15) is 0 Å². The van der Waals surface area contributed by atoms with Crippen LogP contribution in [0, 0.1) is 46.3 Å². The maximum atomic E-state index is 12.3. The molecule has 0 amide bonds. The lowest BCUT2D eigenvalue weighted by atomic mass is 9.46. The zero-order valence-electron chi connectivity index (χ0n) is 36.0. The predicted molar refractivity (Wildman–Crippen MR) is 217 cm³/mol. The van der Waals surface area contributed by atoms with Gasteiger partial charge >= 0.3 is 0 Å². The molecular weight excluding hydrogens is 669 g/mol. The van der Waals surface area contributed by atoms with Crippen molar-refractivity contribution < 1.29 is 28.2 Å². The number of fused-ring (bicyclic) bond motifs is 5. The molecule has 0 aliphatic heterocycles. The van der Waals surface area contributed by atoms with E-state index in [1.54, 1.807) is 12.7 Å². The van der Waals surface area contributed by atoms with Crippen molar-refractivity contribution in [2.45, 2.75) is 182 Å². The molecule has 11 atom stereocenters.